The van der Waals surface area contributed by atoms with Crippen LogP contribution in [0.1, 0.15) is 6.92 Å². The Morgan fingerprint density at radius 1 is 1.47 bits per heavy atom. The first-order valence-corrected chi connectivity index (χ1v) is 7.47. The average Bonchev–Trinajstić information content (AvgIpc) is 2.13. The molecule has 7 heteroatoms. The van der Waals surface area contributed by atoms with Crippen LogP contribution in [0.5, 0.6) is 0 Å². The second-order valence-corrected chi connectivity index (χ2v) is 6.09. The van der Waals surface area contributed by atoms with Crippen LogP contribution in [0.2, 0.25) is 0 Å². The van der Waals surface area contributed by atoms with Gasteiger partial charge in [0, 0.05) is 23.6 Å². The van der Waals surface area contributed by atoms with Gasteiger partial charge in [0.25, 0.3) is 0 Å². The van der Waals surface area contributed by atoms with Gasteiger partial charge in [-0.15, -0.1) is 0 Å². The predicted octanol–water partition coefficient (Wildman–Crippen LogP) is -0.261. The van der Waals surface area contributed by atoms with Crippen molar-refractivity contribution in [2.75, 3.05) is 24.4 Å². The van der Waals surface area contributed by atoms with Crippen molar-refractivity contribution < 1.29 is 18.6 Å². The maximum Gasteiger partial charge on any atom is 0.249 e. The highest BCUT2D eigenvalue weighted by Crippen LogP contribution is 2.08. The molecule has 0 aliphatic carbocycles. The van der Waals surface area contributed by atoms with E-state index in [1.165, 1.54) is 18.0 Å². The van der Waals surface area contributed by atoms with E-state index >= 15 is 0 Å². The summed E-state index contributed by atoms with van der Waals surface area (Å²) in [7, 11) is -3.29. The molecule has 0 fully saturated rings. The van der Waals surface area contributed by atoms with Crippen LogP contribution in [0.25, 0.3) is 0 Å². The zero-order valence-corrected chi connectivity index (χ0v) is 10.5. The first-order valence-electron chi connectivity index (χ1n) is 4.47. The van der Waals surface area contributed by atoms with Crippen LogP contribution in [0.3, 0.4) is 0 Å². The molecule has 0 rings (SSSR count). The van der Waals surface area contributed by atoms with Gasteiger partial charge >= 0.3 is 0 Å². The fourth-order valence-corrected chi connectivity index (χ4v) is 2.10. The van der Waals surface area contributed by atoms with Gasteiger partial charge in [-0.05, 0) is 0 Å². The standard InChI is InChI=1S/C8H17NO4S2/c1-7(3-9-15(2,12)13)5-14-6-8(11)4-10/h3,7-8,10-11H,4-6H2,1-2H3/b9-3-. The Morgan fingerprint density at radius 2 is 2.07 bits per heavy atom. The van der Waals surface area contributed by atoms with Crippen LogP contribution >= 0.6 is 11.8 Å². The molecule has 5 nitrogen and oxygen atoms in total. The summed E-state index contributed by atoms with van der Waals surface area (Å²) in [6, 6.07) is 0. The molecule has 0 saturated heterocycles. The molecular weight excluding hydrogens is 238 g/mol. The third-order valence-corrected chi connectivity index (χ3v) is 3.30. The normalized spacial score (nSPS) is 16.8. The highest BCUT2D eigenvalue weighted by molar-refractivity contribution is 7.99. The zero-order valence-electron chi connectivity index (χ0n) is 8.83. The third kappa shape index (κ3) is 10.2. The lowest BCUT2D eigenvalue weighted by Gasteiger charge is -2.08. The van der Waals surface area contributed by atoms with Crippen molar-refractivity contribution in [3.8, 4) is 0 Å². The number of aliphatic hydroxyl groups excluding tert-OH is 2. The third-order valence-electron chi connectivity index (χ3n) is 1.41. The minimum atomic E-state index is -3.29. The van der Waals surface area contributed by atoms with Crippen LogP contribution in [-0.2, 0) is 10.0 Å². The van der Waals surface area contributed by atoms with Crippen molar-refractivity contribution in [3.05, 3.63) is 0 Å². The number of rotatable bonds is 7. The highest BCUT2D eigenvalue weighted by atomic mass is 32.2. The molecule has 2 atom stereocenters. The van der Waals surface area contributed by atoms with Gasteiger partial charge in [-0.2, -0.15) is 16.2 Å². The van der Waals surface area contributed by atoms with Crippen LogP contribution in [0.4, 0.5) is 0 Å². The number of thioether (sulfide) groups is 1. The van der Waals surface area contributed by atoms with Crippen molar-refractivity contribution in [1.29, 1.82) is 0 Å². The molecule has 0 bridgehead atoms. The number of hydrogen-bond acceptors (Lipinski definition) is 5. The lowest BCUT2D eigenvalue weighted by Crippen LogP contribution is -2.16. The first-order chi connectivity index (χ1) is 6.85. The maximum atomic E-state index is 10.7. The smallest absolute Gasteiger partial charge is 0.249 e. The van der Waals surface area contributed by atoms with Crippen molar-refractivity contribution in [2.24, 2.45) is 10.3 Å². The second-order valence-electron chi connectivity index (χ2n) is 3.34. The van der Waals surface area contributed by atoms with Gasteiger partial charge in [0.05, 0.1) is 19.0 Å². The van der Waals surface area contributed by atoms with E-state index in [4.69, 9.17) is 10.2 Å². The highest BCUT2D eigenvalue weighted by Gasteiger charge is 2.05. The van der Waals surface area contributed by atoms with Crippen LogP contribution in [0.15, 0.2) is 4.40 Å². The second kappa shape index (κ2) is 7.21. The van der Waals surface area contributed by atoms with Crippen molar-refractivity contribution >= 4 is 28.0 Å². The molecule has 90 valence electrons. The summed E-state index contributed by atoms with van der Waals surface area (Å²) in [5.41, 5.74) is 0. The molecule has 0 aromatic carbocycles. The van der Waals surface area contributed by atoms with Gasteiger partial charge in [-0.1, -0.05) is 6.92 Å². The lowest BCUT2D eigenvalue weighted by atomic mass is 10.2. The van der Waals surface area contributed by atoms with Crippen LogP contribution in [-0.4, -0.2) is 55.3 Å². The summed E-state index contributed by atoms with van der Waals surface area (Å²) in [6.07, 6.45) is 1.71. The topological polar surface area (TPSA) is 87.0 Å². The first kappa shape index (κ1) is 14.9. The van der Waals surface area contributed by atoms with E-state index in [-0.39, 0.29) is 12.5 Å². The number of nitrogens with zero attached hydrogens (tertiary/aromatic N) is 1. The Labute approximate surface area is 94.7 Å². The number of hydrogen-bond donors (Lipinski definition) is 2. The predicted molar refractivity (Wildman–Crippen MR) is 62.9 cm³/mol. The monoisotopic (exact) mass is 255 g/mol. The van der Waals surface area contributed by atoms with Gasteiger partial charge in [0.1, 0.15) is 0 Å². The van der Waals surface area contributed by atoms with Crippen LogP contribution < -0.4 is 0 Å². The van der Waals surface area contributed by atoms with Crippen molar-refractivity contribution in [2.45, 2.75) is 13.0 Å². The minimum absolute atomic E-state index is 0.0237. The van der Waals surface area contributed by atoms with E-state index in [1.54, 1.807) is 0 Å². The Hall–Kier alpha value is -0.110. The summed E-state index contributed by atoms with van der Waals surface area (Å²) in [5.74, 6) is 1.12. The molecule has 0 aliphatic heterocycles. The Bertz CT molecular complexity index is 289. The summed E-state index contributed by atoms with van der Waals surface area (Å²) < 4.78 is 24.8. The van der Waals surface area contributed by atoms with E-state index < -0.39 is 16.1 Å². The van der Waals surface area contributed by atoms with E-state index in [0.717, 1.165) is 6.26 Å². The lowest BCUT2D eigenvalue weighted by molar-refractivity contribution is 0.113. The molecule has 0 amide bonds. The van der Waals surface area contributed by atoms with Gasteiger partial charge < -0.3 is 10.2 Å². The van der Waals surface area contributed by atoms with E-state index in [0.29, 0.717) is 11.5 Å². The largest absolute Gasteiger partial charge is 0.394 e. The molecule has 0 aliphatic rings. The van der Waals surface area contributed by atoms with E-state index in [9.17, 15) is 8.42 Å². The SMILES string of the molecule is CC(/C=N\S(C)(=O)=O)CSCC(O)CO. The summed E-state index contributed by atoms with van der Waals surface area (Å²) in [4.78, 5) is 0. The zero-order chi connectivity index (χ0) is 11.9. The summed E-state index contributed by atoms with van der Waals surface area (Å²) in [6.45, 7) is 1.59. The minimum Gasteiger partial charge on any atom is -0.394 e. The fourth-order valence-electron chi connectivity index (χ4n) is 0.700. The molecule has 15 heavy (non-hydrogen) atoms. The van der Waals surface area contributed by atoms with Gasteiger partial charge in [0.15, 0.2) is 0 Å². The van der Waals surface area contributed by atoms with Crippen LogP contribution in [0, 0.1) is 5.92 Å². The van der Waals surface area contributed by atoms with Gasteiger partial charge in [-0.3, -0.25) is 0 Å². The molecular formula is C8H17NO4S2. The quantitative estimate of drug-likeness (QED) is 0.612. The van der Waals surface area contributed by atoms with Crippen molar-refractivity contribution in [3.63, 3.8) is 0 Å². The van der Waals surface area contributed by atoms with Crippen molar-refractivity contribution in [1.82, 2.24) is 0 Å². The molecule has 0 saturated carbocycles. The van der Waals surface area contributed by atoms with E-state index in [2.05, 4.69) is 4.40 Å². The Morgan fingerprint density at radius 3 is 2.53 bits per heavy atom. The number of aliphatic hydroxyl groups is 2. The number of sulfonamides is 1. The molecule has 0 radical (unpaired) electrons. The summed E-state index contributed by atoms with van der Waals surface area (Å²) >= 11 is 1.45. The molecule has 0 aromatic rings. The molecule has 2 unspecified atom stereocenters. The molecule has 0 heterocycles. The Balaban J connectivity index is 3.76. The van der Waals surface area contributed by atoms with E-state index in [1.807, 2.05) is 6.92 Å². The average molecular weight is 255 g/mol. The molecule has 0 aromatic heterocycles. The molecule has 0 spiro atoms. The Kier molecular flexibility index (Phi) is 7.16. The maximum absolute atomic E-state index is 10.7. The van der Waals surface area contributed by atoms with Gasteiger partial charge in [0.2, 0.25) is 10.0 Å². The van der Waals surface area contributed by atoms with Gasteiger partial charge in [-0.25, -0.2) is 8.42 Å². The summed E-state index contributed by atoms with van der Waals surface area (Å²) in [5, 5.41) is 17.6. The fraction of sp³-hybridized carbons (Fsp3) is 0.875. The molecule has 2 N–H and O–H groups in total.